The molecule has 0 saturated heterocycles. The molecule has 1 aromatic rings. The van der Waals surface area contributed by atoms with Crippen LogP contribution in [0, 0.1) is 16.7 Å². The minimum absolute atomic E-state index is 0.407. The normalized spacial score (nSPS) is 32.2. The maximum atomic E-state index is 6.51. The Labute approximate surface area is 172 Å². The standard InChI is InChI=1S/C26H41NO/c1-25(2)14-24(15-26(3,4)17-25)28-16-18-5-6-20-12-21(8-7-19(20)11-18)22-9-10-23(27)13-22/h7-8,12,18,22-24H,5-6,9-11,13-17,27H2,1-4H3/t18-,22?,23?/m0/s1. The molecule has 0 aliphatic heterocycles. The molecule has 2 nitrogen and oxygen atoms in total. The molecule has 156 valence electrons. The fourth-order valence-corrected chi connectivity index (χ4v) is 6.70. The molecule has 0 radical (unpaired) electrons. The molecule has 0 bridgehead atoms. The summed E-state index contributed by atoms with van der Waals surface area (Å²) in [5.74, 6) is 1.38. The van der Waals surface area contributed by atoms with Crippen molar-refractivity contribution < 1.29 is 4.74 Å². The van der Waals surface area contributed by atoms with E-state index < -0.39 is 0 Å². The summed E-state index contributed by atoms with van der Waals surface area (Å²) in [6, 6.07) is 7.71. The fourth-order valence-electron chi connectivity index (χ4n) is 6.70. The van der Waals surface area contributed by atoms with Crippen molar-refractivity contribution in [3.8, 4) is 0 Å². The van der Waals surface area contributed by atoms with Crippen molar-refractivity contribution in [2.45, 2.75) is 104 Å². The van der Waals surface area contributed by atoms with Gasteiger partial charge in [-0.1, -0.05) is 45.9 Å². The molecule has 28 heavy (non-hydrogen) atoms. The molecule has 2 saturated carbocycles. The summed E-state index contributed by atoms with van der Waals surface area (Å²) in [4.78, 5) is 0. The lowest BCUT2D eigenvalue weighted by Gasteiger charge is -2.45. The molecular weight excluding hydrogens is 342 g/mol. The summed E-state index contributed by atoms with van der Waals surface area (Å²) in [5, 5.41) is 0. The van der Waals surface area contributed by atoms with Crippen LogP contribution in [0.25, 0.3) is 0 Å². The van der Waals surface area contributed by atoms with E-state index in [2.05, 4.69) is 45.9 Å². The molecule has 4 rings (SSSR count). The van der Waals surface area contributed by atoms with Gasteiger partial charge in [-0.3, -0.25) is 0 Å². The van der Waals surface area contributed by atoms with E-state index in [9.17, 15) is 0 Å². The van der Waals surface area contributed by atoms with E-state index >= 15 is 0 Å². The predicted octanol–water partition coefficient (Wildman–Crippen LogP) is 6.01. The van der Waals surface area contributed by atoms with E-state index in [0.717, 1.165) is 6.61 Å². The van der Waals surface area contributed by atoms with Crippen LogP contribution in [0.5, 0.6) is 0 Å². The van der Waals surface area contributed by atoms with Crippen molar-refractivity contribution in [1.29, 1.82) is 0 Å². The third kappa shape index (κ3) is 4.82. The highest BCUT2D eigenvalue weighted by Gasteiger charge is 2.39. The van der Waals surface area contributed by atoms with E-state index in [1.165, 1.54) is 63.4 Å². The maximum absolute atomic E-state index is 6.51. The van der Waals surface area contributed by atoms with Crippen LogP contribution in [-0.2, 0) is 17.6 Å². The summed E-state index contributed by atoms with van der Waals surface area (Å²) in [7, 11) is 0. The minimum atomic E-state index is 0.407. The molecule has 0 aromatic heterocycles. The molecule has 2 fully saturated rings. The monoisotopic (exact) mass is 383 g/mol. The minimum Gasteiger partial charge on any atom is -0.378 e. The van der Waals surface area contributed by atoms with Crippen LogP contribution in [0.1, 0.15) is 95.2 Å². The van der Waals surface area contributed by atoms with Gasteiger partial charge in [-0.05, 0) is 97.1 Å². The van der Waals surface area contributed by atoms with Crippen molar-refractivity contribution in [2.75, 3.05) is 6.61 Å². The van der Waals surface area contributed by atoms with Gasteiger partial charge >= 0.3 is 0 Å². The largest absolute Gasteiger partial charge is 0.378 e. The molecule has 3 atom stereocenters. The van der Waals surface area contributed by atoms with Crippen LogP contribution in [0.4, 0.5) is 0 Å². The SMILES string of the molecule is CC1(C)CC(OC[C@H]2CCc3cc(C4CCC(N)C4)ccc3C2)CC(C)(C)C1. The number of benzene rings is 1. The van der Waals surface area contributed by atoms with Gasteiger partial charge in [-0.15, -0.1) is 0 Å². The van der Waals surface area contributed by atoms with Crippen molar-refractivity contribution in [2.24, 2.45) is 22.5 Å². The highest BCUT2D eigenvalue weighted by Crippen LogP contribution is 2.46. The second-order valence-electron chi connectivity index (χ2n) is 11.8. The van der Waals surface area contributed by atoms with Crippen LogP contribution in [-0.4, -0.2) is 18.8 Å². The summed E-state index contributed by atoms with van der Waals surface area (Å²) >= 11 is 0. The Morgan fingerprint density at radius 3 is 2.43 bits per heavy atom. The van der Waals surface area contributed by atoms with Gasteiger partial charge < -0.3 is 10.5 Å². The second-order valence-corrected chi connectivity index (χ2v) is 11.8. The quantitative estimate of drug-likeness (QED) is 0.691. The maximum Gasteiger partial charge on any atom is 0.0585 e. The van der Waals surface area contributed by atoms with Crippen LogP contribution >= 0.6 is 0 Å². The van der Waals surface area contributed by atoms with Crippen LogP contribution < -0.4 is 5.73 Å². The Hall–Kier alpha value is -0.860. The third-order valence-electron chi connectivity index (χ3n) is 7.59. The highest BCUT2D eigenvalue weighted by molar-refractivity contribution is 5.36. The average Bonchev–Trinajstić information content (AvgIpc) is 3.03. The lowest BCUT2D eigenvalue weighted by atomic mass is 9.64. The van der Waals surface area contributed by atoms with Gasteiger partial charge in [0.05, 0.1) is 12.7 Å². The zero-order valence-corrected chi connectivity index (χ0v) is 18.6. The van der Waals surface area contributed by atoms with Gasteiger partial charge in [-0.2, -0.15) is 0 Å². The van der Waals surface area contributed by atoms with Crippen molar-refractivity contribution in [3.63, 3.8) is 0 Å². The molecule has 3 aliphatic carbocycles. The van der Waals surface area contributed by atoms with Gasteiger partial charge in [0.25, 0.3) is 0 Å². The number of fused-ring (bicyclic) bond motifs is 1. The van der Waals surface area contributed by atoms with Crippen molar-refractivity contribution in [1.82, 2.24) is 0 Å². The van der Waals surface area contributed by atoms with E-state index in [1.807, 2.05) is 0 Å². The number of rotatable bonds is 4. The zero-order valence-electron chi connectivity index (χ0n) is 18.6. The Balaban J connectivity index is 1.33. The van der Waals surface area contributed by atoms with E-state index in [-0.39, 0.29) is 0 Å². The molecule has 0 amide bonds. The molecule has 0 heterocycles. The first-order valence-corrected chi connectivity index (χ1v) is 11.7. The Bertz CT molecular complexity index is 676. The molecule has 0 spiro atoms. The van der Waals surface area contributed by atoms with Gasteiger partial charge in [-0.25, -0.2) is 0 Å². The van der Waals surface area contributed by atoms with Gasteiger partial charge in [0.1, 0.15) is 0 Å². The smallest absolute Gasteiger partial charge is 0.0585 e. The lowest BCUT2D eigenvalue weighted by Crippen LogP contribution is -2.38. The Kier molecular flexibility index (Phi) is 5.66. The summed E-state index contributed by atoms with van der Waals surface area (Å²) in [6.07, 6.45) is 11.5. The average molecular weight is 384 g/mol. The van der Waals surface area contributed by atoms with E-state index in [0.29, 0.717) is 34.8 Å². The van der Waals surface area contributed by atoms with Crippen molar-refractivity contribution >= 4 is 0 Å². The predicted molar refractivity (Wildman–Crippen MR) is 118 cm³/mol. The molecule has 2 N–H and O–H groups in total. The van der Waals surface area contributed by atoms with E-state index in [1.54, 1.807) is 11.1 Å². The summed E-state index contributed by atoms with van der Waals surface area (Å²) in [5.41, 5.74) is 11.6. The van der Waals surface area contributed by atoms with E-state index in [4.69, 9.17) is 10.5 Å². The molecule has 1 aromatic carbocycles. The molecular formula is C26H41NO. The first kappa shape index (κ1) is 20.4. The molecule has 3 aliphatic rings. The Morgan fingerprint density at radius 1 is 1.00 bits per heavy atom. The van der Waals surface area contributed by atoms with Crippen molar-refractivity contribution in [3.05, 3.63) is 34.9 Å². The topological polar surface area (TPSA) is 35.2 Å². The molecule has 2 unspecified atom stereocenters. The lowest BCUT2D eigenvalue weighted by molar-refractivity contribution is -0.0604. The first-order valence-electron chi connectivity index (χ1n) is 11.7. The van der Waals surface area contributed by atoms with Crippen LogP contribution in [0.3, 0.4) is 0 Å². The number of aryl methyl sites for hydroxylation is 1. The summed E-state index contributed by atoms with van der Waals surface area (Å²) < 4.78 is 6.51. The van der Waals surface area contributed by atoms with Crippen LogP contribution in [0.15, 0.2) is 18.2 Å². The van der Waals surface area contributed by atoms with Gasteiger partial charge in [0.2, 0.25) is 0 Å². The third-order valence-corrected chi connectivity index (χ3v) is 7.59. The summed E-state index contributed by atoms with van der Waals surface area (Å²) in [6.45, 7) is 10.6. The second kappa shape index (κ2) is 7.76. The number of hydrogen-bond donors (Lipinski definition) is 1. The first-order chi connectivity index (χ1) is 13.2. The molecule has 2 heteroatoms. The zero-order chi connectivity index (χ0) is 19.9. The van der Waals surface area contributed by atoms with Crippen LogP contribution in [0.2, 0.25) is 0 Å². The van der Waals surface area contributed by atoms with Gasteiger partial charge in [0.15, 0.2) is 0 Å². The number of ether oxygens (including phenoxy) is 1. The Morgan fingerprint density at radius 2 is 1.75 bits per heavy atom. The highest BCUT2D eigenvalue weighted by atomic mass is 16.5. The fraction of sp³-hybridized carbons (Fsp3) is 0.769. The number of nitrogens with two attached hydrogens (primary N) is 1. The van der Waals surface area contributed by atoms with Gasteiger partial charge in [0, 0.05) is 6.04 Å². The number of hydrogen-bond acceptors (Lipinski definition) is 2.